The van der Waals surface area contributed by atoms with E-state index < -0.39 is 0 Å². The molecule has 1 aromatic heterocycles. The molecule has 0 saturated heterocycles. The predicted molar refractivity (Wildman–Crippen MR) is 38.8 cm³/mol. The van der Waals surface area contributed by atoms with Crippen molar-refractivity contribution in [2.45, 2.75) is 5.16 Å². The number of nitrogens with two attached hydrogens (primary N) is 1. The molecule has 1 rings (SSSR count). The molecule has 0 saturated carbocycles. The number of H-pyrrole nitrogens is 1. The van der Waals surface area contributed by atoms with Crippen LogP contribution in [0.15, 0.2) is 9.95 Å². The highest BCUT2D eigenvalue weighted by atomic mass is 32.2. The Hall–Kier alpha value is -1.04. The van der Waals surface area contributed by atoms with Crippen LogP contribution in [-0.2, 0) is 0 Å². The average Bonchev–Trinajstić information content (AvgIpc) is 1.95. The minimum atomic E-state index is -0.389. The molecule has 3 N–H and O–H groups in total. The summed E-state index contributed by atoms with van der Waals surface area (Å²) in [5, 5.41) is 7.47. The van der Waals surface area contributed by atoms with E-state index in [9.17, 15) is 4.79 Å². The summed E-state index contributed by atoms with van der Waals surface area (Å²) in [5.74, 6) is -0.0993. The molecule has 0 fully saturated rings. The van der Waals surface area contributed by atoms with Crippen molar-refractivity contribution in [2.75, 3.05) is 12.0 Å². The standard InChI is InChI=1S/C4H6N4OS/c1-10-4-6-3(9)2(5)7-8-4/h1H3,(H2,5,7)(H,6,8,9). The van der Waals surface area contributed by atoms with Gasteiger partial charge in [-0.1, -0.05) is 11.8 Å². The molecule has 0 amide bonds. The molecule has 0 aliphatic rings. The number of nitrogen functional groups attached to an aromatic ring is 1. The normalized spacial score (nSPS) is 9.70. The predicted octanol–water partition coefficient (Wildman–Crippen LogP) is -0.531. The molecule has 0 unspecified atom stereocenters. The van der Waals surface area contributed by atoms with Crippen LogP contribution in [0, 0.1) is 0 Å². The van der Waals surface area contributed by atoms with Gasteiger partial charge in [-0.3, -0.25) is 9.78 Å². The molecule has 0 aliphatic heterocycles. The van der Waals surface area contributed by atoms with Crippen LogP contribution in [0.2, 0.25) is 0 Å². The topological polar surface area (TPSA) is 84.7 Å². The number of thioether (sulfide) groups is 1. The quantitative estimate of drug-likeness (QED) is 0.536. The largest absolute Gasteiger partial charge is 0.378 e. The number of nitrogens with one attached hydrogen (secondary N) is 1. The summed E-state index contributed by atoms with van der Waals surface area (Å²) in [4.78, 5) is 13.1. The fourth-order valence-corrected chi connectivity index (χ4v) is 0.740. The first-order valence-corrected chi connectivity index (χ1v) is 3.73. The summed E-state index contributed by atoms with van der Waals surface area (Å²) in [6.07, 6.45) is 1.79. The van der Waals surface area contributed by atoms with E-state index in [1.54, 1.807) is 6.26 Å². The van der Waals surface area contributed by atoms with E-state index in [1.165, 1.54) is 11.8 Å². The fourth-order valence-electron chi connectivity index (χ4n) is 0.423. The monoisotopic (exact) mass is 158 g/mol. The molecular weight excluding hydrogens is 152 g/mol. The van der Waals surface area contributed by atoms with Gasteiger partial charge in [0.1, 0.15) is 0 Å². The van der Waals surface area contributed by atoms with Gasteiger partial charge in [-0.25, -0.2) is 0 Å². The molecule has 10 heavy (non-hydrogen) atoms. The van der Waals surface area contributed by atoms with Gasteiger partial charge in [0.25, 0.3) is 5.56 Å². The third-order valence-electron chi connectivity index (χ3n) is 0.895. The van der Waals surface area contributed by atoms with Gasteiger partial charge in [0.2, 0.25) is 5.82 Å². The summed E-state index contributed by atoms with van der Waals surface area (Å²) in [7, 11) is 0. The molecular formula is C4H6N4OS. The van der Waals surface area contributed by atoms with Gasteiger partial charge in [-0.05, 0) is 6.26 Å². The lowest BCUT2D eigenvalue weighted by atomic mass is 10.7. The van der Waals surface area contributed by atoms with Gasteiger partial charge in [0, 0.05) is 0 Å². The molecule has 5 nitrogen and oxygen atoms in total. The van der Waals surface area contributed by atoms with Crippen molar-refractivity contribution in [1.29, 1.82) is 0 Å². The second-order valence-electron chi connectivity index (χ2n) is 1.55. The van der Waals surface area contributed by atoms with Gasteiger partial charge >= 0.3 is 0 Å². The molecule has 0 radical (unpaired) electrons. The first-order chi connectivity index (χ1) is 4.74. The van der Waals surface area contributed by atoms with Crippen LogP contribution in [0.4, 0.5) is 5.82 Å². The molecule has 0 atom stereocenters. The maximum absolute atomic E-state index is 10.7. The lowest BCUT2D eigenvalue weighted by molar-refractivity contribution is 0.829. The molecule has 0 spiro atoms. The number of nitrogens with zero attached hydrogens (tertiary/aromatic N) is 2. The first-order valence-electron chi connectivity index (χ1n) is 2.50. The Bertz CT molecular complexity index is 283. The van der Waals surface area contributed by atoms with E-state index in [-0.39, 0.29) is 11.4 Å². The fraction of sp³-hybridized carbons (Fsp3) is 0.250. The van der Waals surface area contributed by atoms with Crippen LogP contribution in [0.1, 0.15) is 0 Å². The summed E-state index contributed by atoms with van der Waals surface area (Å²) >= 11 is 1.31. The number of aromatic nitrogens is 3. The minimum absolute atomic E-state index is 0.0993. The molecule has 0 aromatic carbocycles. The van der Waals surface area contributed by atoms with E-state index in [2.05, 4.69) is 15.2 Å². The third kappa shape index (κ3) is 1.27. The molecule has 1 heterocycles. The van der Waals surface area contributed by atoms with E-state index >= 15 is 0 Å². The summed E-state index contributed by atoms with van der Waals surface area (Å²) < 4.78 is 0. The Balaban J connectivity index is 3.17. The summed E-state index contributed by atoms with van der Waals surface area (Å²) in [6.45, 7) is 0. The van der Waals surface area contributed by atoms with Crippen molar-refractivity contribution in [2.24, 2.45) is 0 Å². The Labute approximate surface area is 61.0 Å². The van der Waals surface area contributed by atoms with Gasteiger partial charge in [0.05, 0.1) is 0 Å². The van der Waals surface area contributed by atoms with Crippen LogP contribution < -0.4 is 11.3 Å². The number of hydrogen-bond donors (Lipinski definition) is 2. The number of rotatable bonds is 1. The van der Waals surface area contributed by atoms with Crippen molar-refractivity contribution >= 4 is 17.6 Å². The SMILES string of the molecule is CSc1nnc(N)c(=O)[nH]1. The van der Waals surface area contributed by atoms with Crippen LogP contribution in [0.25, 0.3) is 0 Å². The van der Waals surface area contributed by atoms with Gasteiger partial charge in [0.15, 0.2) is 5.16 Å². The zero-order valence-corrected chi connectivity index (χ0v) is 6.10. The molecule has 54 valence electrons. The van der Waals surface area contributed by atoms with E-state index in [0.29, 0.717) is 5.16 Å². The van der Waals surface area contributed by atoms with Gasteiger partial charge in [-0.2, -0.15) is 0 Å². The highest BCUT2D eigenvalue weighted by Gasteiger charge is 1.96. The Morgan fingerprint density at radius 3 is 2.80 bits per heavy atom. The highest BCUT2D eigenvalue weighted by molar-refractivity contribution is 7.98. The van der Waals surface area contributed by atoms with E-state index in [4.69, 9.17) is 5.73 Å². The summed E-state index contributed by atoms with van der Waals surface area (Å²) in [6, 6.07) is 0. The molecule has 6 heteroatoms. The van der Waals surface area contributed by atoms with Crippen LogP contribution >= 0.6 is 11.8 Å². The van der Waals surface area contributed by atoms with Crippen LogP contribution in [-0.4, -0.2) is 21.4 Å². The first kappa shape index (κ1) is 7.07. The lowest BCUT2D eigenvalue weighted by Crippen LogP contribution is -2.15. The van der Waals surface area contributed by atoms with Crippen molar-refractivity contribution in [1.82, 2.24) is 15.2 Å². The van der Waals surface area contributed by atoms with Crippen molar-refractivity contribution in [3.05, 3.63) is 10.4 Å². The van der Waals surface area contributed by atoms with Crippen LogP contribution in [0.5, 0.6) is 0 Å². The van der Waals surface area contributed by atoms with Gasteiger partial charge in [-0.15, -0.1) is 10.2 Å². The maximum atomic E-state index is 10.7. The van der Waals surface area contributed by atoms with Crippen molar-refractivity contribution in [3.8, 4) is 0 Å². The number of hydrogen-bond acceptors (Lipinski definition) is 5. The van der Waals surface area contributed by atoms with Crippen molar-refractivity contribution in [3.63, 3.8) is 0 Å². The Morgan fingerprint density at radius 1 is 1.60 bits per heavy atom. The average molecular weight is 158 g/mol. The second-order valence-corrected chi connectivity index (χ2v) is 2.34. The van der Waals surface area contributed by atoms with Gasteiger partial charge < -0.3 is 5.73 Å². The highest BCUT2D eigenvalue weighted by Crippen LogP contribution is 2.01. The Kier molecular flexibility index (Phi) is 1.91. The second kappa shape index (κ2) is 2.70. The smallest absolute Gasteiger partial charge is 0.294 e. The summed E-state index contributed by atoms with van der Waals surface area (Å²) in [5.41, 5.74) is 4.73. The molecule has 1 aromatic rings. The van der Waals surface area contributed by atoms with Crippen LogP contribution in [0.3, 0.4) is 0 Å². The number of anilines is 1. The van der Waals surface area contributed by atoms with E-state index in [1.807, 2.05) is 0 Å². The number of aromatic amines is 1. The molecule has 0 bridgehead atoms. The third-order valence-corrected chi connectivity index (χ3v) is 1.47. The zero-order valence-electron chi connectivity index (χ0n) is 5.29. The Morgan fingerprint density at radius 2 is 2.30 bits per heavy atom. The van der Waals surface area contributed by atoms with E-state index in [0.717, 1.165) is 0 Å². The minimum Gasteiger partial charge on any atom is -0.378 e. The molecule has 0 aliphatic carbocycles. The lowest BCUT2D eigenvalue weighted by Gasteiger charge is -1.91. The maximum Gasteiger partial charge on any atom is 0.294 e. The zero-order chi connectivity index (χ0) is 7.56. The van der Waals surface area contributed by atoms with Crippen molar-refractivity contribution < 1.29 is 0 Å².